The highest BCUT2D eigenvalue weighted by Crippen LogP contribution is 2.51. The molecule has 2 aromatic rings. The fourth-order valence-corrected chi connectivity index (χ4v) is 3.33. The van der Waals surface area contributed by atoms with E-state index >= 15 is 0 Å². The molecule has 1 aliphatic carbocycles. The zero-order chi connectivity index (χ0) is 17.3. The van der Waals surface area contributed by atoms with Crippen LogP contribution in [0.5, 0.6) is 0 Å². The molecule has 0 saturated heterocycles. The lowest BCUT2D eigenvalue weighted by Crippen LogP contribution is -2.31. The van der Waals surface area contributed by atoms with Gasteiger partial charge in [-0.2, -0.15) is 0 Å². The quantitative estimate of drug-likeness (QED) is 0.807. The number of benzene rings is 2. The summed E-state index contributed by atoms with van der Waals surface area (Å²) in [7, 11) is 0. The van der Waals surface area contributed by atoms with E-state index in [0.717, 1.165) is 11.1 Å². The Balaban J connectivity index is 2.17. The maximum atomic E-state index is 13.3. The monoisotopic (exact) mass is 328 g/mol. The molecule has 0 aromatic heterocycles. The van der Waals surface area contributed by atoms with Crippen LogP contribution in [0.4, 0.5) is 4.39 Å². The van der Waals surface area contributed by atoms with Crippen molar-refractivity contribution in [3.8, 4) is 0 Å². The second kappa shape index (κ2) is 6.07. The van der Waals surface area contributed by atoms with Gasteiger partial charge in [-0.15, -0.1) is 0 Å². The topological polar surface area (TPSA) is 52.6 Å². The minimum atomic E-state index is -1.10. The lowest BCUT2D eigenvalue weighted by molar-refractivity contribution is -0.158. The van der Waals surface area contributed by atoms with Crippen molar-refractivity contribution in [2.45, 2.75) is 32.0 Å². The smallest absolute Gasteiger partial charge is 0.303 e. The molecule has 0 heterocycles. The van der Waals surface area contributed by atoms with Crippen molar-refractivity contribution in [3.63, 3.8) is 0 Å². The molecule has 0 radical (unpaired) electrons. The first-order valence-electron chi connectivity index (χ1n) is 7.64. The van der Waals surface area contributed by atoms with Crippen LogP contribution in [0.15, 0.2) is 48.5 Å². The van der Waals surface area contributed by atoms with E-state index in [1.165, 1.54) is 26.0 Å². The van der Waals surface area contributed by atoms with E-state index in [0.29, 0.717) is 5.56 Å². The zero-order valence-electron chi connectivity index (χ0n) is 13.4. The van der Waals surface area contributed by atoms with Gasteiger partial charge in [-0.1, -0.05) is 36.4 Å². The number of esters is 2. The Labute approximate surface area is 139 Å². The van der Waals surface area contributed by atoms with Crippen molar-refractivity contribution < 1.29 is 23.5 Å². The zero-order valence-corrected chi connectivity index (χ0v) is 13.4. The molecule has 0 saturated carbocycles. The number of rotatable bonds is 3. The van der Waals surface area contributed by atoms with E-state index in [1.807, 2.05) is 24.3 Å². The van der Waals surface area contributed by atoms with Gasteiger partial charge in [0.15, 0.2) is 5.60 Å². The lowest BCUT2D eigenvalue weighted by atomic mass is 9.87. The molecule has 3 rings (SSSR count). The summed E-state index contributed by atoms with van der Waals surface area (Å²) in [5, 5.41) is 0. The number of carbonyl (C=O) groups is 2. The Morgan fingerprint density at radius 2 is 1.71 bits per heavy atom. The summed E-state index contributed by atoms with van der Waals surface area (Å²) in [4.78, 5) is 23.2. The highest BCUT2D eigenvalue weighted by molar-refractivity contribution is 5.69. The molecule has 0 bridgehead atoms. The molecule has 4 nitrogen and oxygen atoms in total. The molecule has 0 fully saturated rings. The standard InChI is InChI=1S/C19H17FO4/c1-12(21)23-18-11-19(24-13(2)22,14-7-9-15(20)10-8-14)17-6-4-3-5-16(17)18/h3-10,18H,11H2,1-2H3/t18-,19+/m0/s1. The molecule has 24 heavy (non-hydrogen) atoms. The molecule has 2 aromatic carbocycles. The summed E-state index contributed by atoms with van der Waals surface area (Å²) in [6.45, 7) is 2.67. The van der Waals surface area contributed by atoms with E-state index in [9.17, 15) is 14.0 Å². The average Bonchev–Trinajstić information content (AvgIpc) is 2.82. The van der Waals surface area contributed by atoms with Crippen molar-refractivity contribution in [3.05, 3.63) is 71.0 Å². The summed E-state index contributed by atoms with van der Waals surface area (Å²) in [6, 6.07) is 13.2. The number of hydrogen-bond donors (Lipinski definition) is 0. The van der Waals surface area contributed by atoms with E-state index in [-0.39, 0.29) is 12.2 Å². The van der Waals surface area contributed by atoms with E-state index in [4.69, 9.17) is 9.47 Å². The van der Waals surface area contributed by atoms with Gasteiger partial charge in [-0.05, 0) is 12.1 Å². The van der Waals surface area contributed by atoms with Gasteiger partial charge in [0.05, 0.1) is 0 Å². The normalized spacial score (nSPS) is 21.9. The predicted octanol–water partition coefficient (Wildman–Crippen LogP) is 3.64. The molecule has 0 aliphatic heterocycles. The van der Waals surface area contributed by atoms with Crippen molar-refractivity contribution >= 4 is 11.9 Å². The van der Waals surface area contributed by atoms with Gasteiger partial charge in [0.1, 0.15) is 11.9 Å². The van der Waals surface area contributed by atoms with Crippen LogP contribution in [0.1, 0.15) is 43.1 Å². The highest BCUT2D eigenvalue weighted by Gasteiger charge is 2.49. The van der Waals surface area contributed by atoms with Gasteiger partial charge >= 0.3 is 11.9 Å². The first-order valence-corrected chi connectivity index (χ1v) is 7.64. The van der Waals surface area contributed by atoms with Crippen LogP contribution in [0.3, 0.4) is 0 Å². The number of carbonyl (C=O) groups excluding carboxylic acids is 2. The summed E-state index contributed by atoms with van der Waals surface area (Å²) >= 11 is 0. The maximum absolute atomic E-state index is 13.3. The average molecular weight is 328 g/mol. The predicted molar refractivity (Wildman–Crippen MR) is 84.5 cm³/mol. The summed E-state index contributed by atoms with van der Waals surface area (Å²) < 4.78 is 24.5. The fraction of sp³-hybridized carbons (Fsp3) is 0.263. The van der Waals surface area contributed by atoms with Gasteiger partial charge in [0, 0.05) is 37.0 Å². The minimum absolute atomic E-state index is 0.261. The Morgan fingerprint density at radius 3 is 2.33 bits per heavy atom. The first kappa shape index (κ1) is 16.2. The fourth-order valence-electron chi connectivity index (χ4n) is 3.33. The number of hydrogen-bond acceptors (Lipinski definition) is 4. The van der Waals surface area contributed by atoms with Gasteiger partial charge in [-0.3, -0.25) is 9.59 Å². The van der Waals surface area contributed by atoms with E-state index < -0.39 is 23.6 Å². The summed E-state index contributed by atoms with van der Waals surface area (Å²) in [6.07, 6.45) is -0.264. The van der Waals surface area contributed by atoms with Gasteiger partial charge in [0.25, 0.3) is 0 Å². The van der Waals surface area contributed by atoms with Gasteiger partial charge < -0.3 is 9.47 Å². The van der Waals surface area contributed by atoms with Gasteiger partial charge in [0.2, 0.25) is 0 Å². The largest absolute Gasteiger partial charge is 0.457 e. The van der Waals surface area contributed by atoms with Crippen LogP contribution in [0, 0.1) is 5.82 Å². The third-order valence-corrected chi connectivity index (χ3v) is 4.15. The van der Waals surface area contributed by atoms with Crippen molar-refractivity contribution in [1.29, 1.82) is 0 Å². The van der Waals surface area contributed by atoms with Crippen LogP contribution in [0.25, 0.3) is 0 Å². The number of fused-ring (bicyclic) bond motifs is 1. The highest BCUT2D eigenvalue weighted by atomic mass is 19.1. The van der Waals surface area contributed by atoms with E-state index in [2.05, 4.69) is 0 Å². The maximum Gasteiger partial charge on any atom is 0.303 e. The van der Waals surface area contributed by atoms with Crippen LogP contribution in [-0.4, -0.2) is 11.9 Å². The molecule has 124 valence electrons. The van der Waals surface area contributed by atoms with E-state index in [1.54, 1.807) is 12.1 Å². The lowest BCUT2D eigenvalue weighted by Gasteiger charge is -2.30. The van der Waals surface area contributed by atoms with Crippen molar-refractivity contribution in [2.24, 2.45) is 0 Å². The van der Waals surface area contributed by atoms with Crippen LogP contribution in [0.2, 0.25) is 0 Å². The van der Waals surface area contributed by atoms with Crippen LogP contribution in [-0.2, 0) is 24.7 Å². The molecular formula is C19H17FO4. The second-order valence-corrected chi connectivity index (χ2v) is 5.82. The minimum Gasteiger partial charge on any atom is -0.457 e. The molecular weight excluding hydrogens is 311 g/mol. The summed E-state index contributed by atoms with van der Waals surface area (Å²) in [5.41, 5.74) is 1.08. The molecule has 0 N–H and O–H groups in total. The Kier molecular flexibility index (Phi) is 4.09. The van der Waals surface area contributed by atoms with Crippen LogP contribution >= 0.6 is 0 Å². The molecule has 1 aliphatic rings. The first-order chi connectivity index (χ1) is 11.4. The number of ether oxygens (including phenoxy) is 2. The Bertz CT molecular complexity index is 784. The summed E-state index contributed by atoms with van der Waals surface area (Å²) in [5.74, 6) is -1.25. The van der Waals surface area contributed by atoms with Crippen molar-refractivity contribution in [2.75, 3.05) is 0 Å². The SMILES string of the molecule is CC(=O)O[C@H]1C[C@@](OC(C)=O)(c2ccc(F)cc2)c2ccccc21. The molecule has 0 spiro atoms. The third-order valence-electron chi connectivity index (χ3n) is 4.15. The Hall–Kier alpha value is -2.69. The molecule has 2 atom stereocenters. The molecule has 5 heteroatoms. The van der Waals surface area contributed by atoms with Crippen molar-refractivity contribution in [1.82, 2.24) is 0 Å². The van der Waals surface area contributed by atoms with Gasteiger partial charge in [-0.25, -0.2) is 4.39 Å². The second-order valence-electron chi connectivity index (χ2n) is 5.82. The molecule has 0 amide bonds. The molecule has 0 unspecified atom stereocenters. The third kappa shape index (κ3) is 2.77. The number of halogens is 1. The van der Waals surface area contributed by atoms with Crippen LogP contribution < -0.4 is 0 Å². The Morgan fingerprint density at radius 1 is 1.04 bits per heavy atom.